The van der Waals surface area contributed by atoms with Crippen LogP contribution >= 0.6 is 0 Å². The van der Waals surface area contributed by atoms with Gasteiger partial charge in [0.05, 0.1) is 16.6 Å². The summed E-state index contributed by atoms with van der Waals surface area (Å²) >= 11 is 0. The van der Waals surface area contributed by atoms with Gasteiger partial charge in [-0.15, -0.1) is 0 Å². The molecule has 4 rings (SSSR count). The van der Waals surface area contributed by atoms with E-state index in [2.05, 4.69) is 5.32 Å². The zero-order chi connectivity index (χ0) is 21.3. The van der Waals surface area contributed by atoms with E-state index < -0.39 is 28.3 Å². The first-order chi connectivity index (χ1) is 14.4. The molecule has 3 aromatic rings. The molecular weight excluding hydrogens is 403 g/mol. The second kappa shape index (κ2) is 7.91. The van der Waals surface area contributed by atoms with Crippen LogP contribution in [0.5, 0.6) is 0 Å². The van der Waals surface area contributed by atoms with Gasteiger partial charge >= 0.3 is 0 Å². The molecule has 1 heterocycles. The lowest BCUT2D eigenvalue weighted by atomic mass is 10.0. The molecule has 1 aliphatic heterocycles. The van der Waals surface area contributed by atoms with E-state index >= 15 is 0 Å². The average Bonchev–Trinajstić information content (AvgIpc) is 2.76. The number of sulfonamides is 1. The van der Waals surface area contributed by atoms with Crippen LogP contribution in [0.4, 0.5) is 10.1 Å². The maximum atomic E-state index is 13.9. The number of anilines is 1. The number of amides is 1. The fraction of sp³-hybridized carbons (Fsp3) is 0.174. The van der Waals surface area contributed by atoms with Gasteiger partial charge in [-0.05, 0) is 36.2 Å². The van der Waals surface area contributed by atoms with E-state index in [0.717, 1.165) is 9.87 Å². The molecule has 0 spiro atoms. The molecule has 1 amide bonds. The lowest BCUT2D eigenvalue weighted by molar-refractivity contribution is -0.120. The molecule has 1 aliphatic rings. The van der Waals surface area contributed by atoms with Crippen molar-refractivity contribution in [3.05, 3.63) is 84.2 Å². The van der Waals surface area contributed by atoms with Crippen molar-refractivity contribution in [2.75, 3.05) is 10.8 Å². The molecule has 0 saturated heterocycles. The number of rotatable bonds is 5. The summed E-state index contributed by atoms with van der Waals surface area (Å²) in [6.07, 6.45) is 0.660. The third-order valence-corrected chi connectivity index (χ3v) is 7.02. The monoisotopic (exact) mass is 424 g/mol. The topological polar surface area (TPSA) is 66.5 Å². The number of fused-ring (bicyclic) bond motifs is 3. The Kier molecular flexibility index (Phi) is 5.30. The Balaban J connectivity index is 1.68. The Morgan fingerprint density at radius 1 is 1.00 bits per heavy atom. The first kappa shape index (κ1) is 20.1. The van der Waals surface area contributed by atoms with Crippen molar-refractivity contribution in [1.29, 1.82) is 0 Å². The summed E-state index contributed by atoms with van der Waals surface area (Å²) in [5.41, 5.74) is 2.11. The Labute approximate surface area is 175 Å². The molecule has 0 aliphatic carbocycles. The van der Waals surface area contributed by atoms with Crippen LogP contribution in [0.2, 0.25) is 0 Å². The van der Waals surface area contributed by atoms with Gasteiger partial charge in [0, 0.05) is 11.1 Å². The molecule has 1 N–H and O–H groups in total. The van der Waals surface area contributed by atoms with Crippen molar-refractivity contribution < 1.29 is 17.6 Å². The summed E-state index contributed by atoms with van der Waals surface area (Å²) in [5, 5.41) is 2.92. The van der Waals surface area contributed by atoms with Gasteiger partial charge in [0.15, 0.2) is 0 Å². The van der Waals surface area contributed by atoms with Crippen LogP contribution in [0, 0.1) is 5.82 Å². The van der Waals surface area contributed by atoms with E-state index in [4.69, 9.17) is 0 Å². The average molecular weight is 424 g/mol. The number of nitrogens with one attached hydrogen (secondary N) is 1. The number of hydrogen-bond acceptors (Lipinski definition) is 3. The summed E-state index contributed by atoms with van der Waals surface area (Å²) in [4.78, 5) is 12.9. The minimum atomic E-state index is -3.96. The summed E-state index contributed by atoms with van der Waals surface area (Å²) in [5.74, 6) is -0.897. The Morgan fingerprint density at radius 3 is 2.43 bits per heavy atom. The maximum Gasteiger partial charge on any atom is 0.265 e. The largest absolute Gasteiger partial charge is 0.348 e. The molecule has 3 aromatic carbocycles. The summed E-state index contributed by atoms with van der Waals surface area (Å²) in [6, 6.07) is 19.6. The molecule has 0 unspecified atom stereocenters. The van der Waals surface area contributed by atoms with E-state index in [1.165, 1.54) is 24.3 Å². The van der Waals surface area contributed by atoms with Crippen molar-refractivity contribution in [3.63, 3.8) is 0 Å². The van der Waals surface area contributed by atoms with Crippen molar-refractivity contribution in [1.82, 2.24) is 5.32 Å². The highest BCUT2D eigenvalue weighted by molar-refractivity contribution is 7.93. The molecule has 0 fully saturated rings. The normalized spacial score (nSPS) is 15.1. The summed E-state index contributed by atoms with van der Waals surface area (Å²) in [6.45, 7) is 1.56. The molecule has 30 heavy (non-hydrogen) atoms. The van der Waals surface area contributed by atoms with Gasteiger partial charge < -0.3 is 5.32 Å². The van der Waals surface area contributed by atoms with Crippen LogP contribution in [0.15, 0.2) is 77.7 Å². The minimum absolute atomic E-state index is 0.0611. The first-order valence-corrected chi connectivity index (χ1v) is 11.1. The van der Waals surface area contributed by atoms with Gasteiger partial charge in [-0.2, -0.15) is 0 Å². The standard InChI is InChI=1S/C23H21FN2O3S/c1-2-20(16-8-4-3-5-9-16)25-23(27)15-26-21-13-12-17(24)14-19(21)18-10-6-7-11-22(18)30(26,28)29/h3-14,20H,2,15H2,1H3,(H,25,27)/t20-/m0/s1. The van der Waals surface area contributed by atoms with Gasteiger partial charge in [-0.3, -0.25) is 9.10 Å². The predicted octanol–water partition coefficient (Wildman–Crippen LogP) is 4.27. The van der Waals surface area contributed by atoms with Crippen molar-refractivity contribution in [2.24, 2.45) is 0 Å². The quantitative estimate of drug-likeness (QED) is 0.665. The number of carbonyl (C=O) groups is 1. The Hall–Kier alpha value is -3.19. The van der Waals surface area contributed by atoms with Crippen LogP contribution in [-0.4, -0.2) is 20.9 Å². The SMILES string of the molecule is CC[C@H](NC(=O)CN1c2ccc(F)cc2-c2ccccc2S1(=O)=O)c1ccccc1. The molecule has 5 nitrogen and oxygen atoms in total. The lowest BCUT2D eigenvalue weighted by Crippen LogP contribution is -2.43. The van der Waals surface area contributed by atoms with Crippen molar-refractivity contribution in [3.8, 4) is 11.1 Å². The summed E-state index contributed by atoms with van der Waals surface area (Å²) < 4.78 is 41.5. The van der Waals surface area contributed by atoms with Crippen LogP contribution in [0.1, 0.15) is 24.9 Å². The highest BCUT2D eigenvalue weighted by Gasteiger charge is 2.36. The molecule has 0 radical (unpaired) electrons. The minimum Gasteiger partial charge on any atom is -0.348 e. The number of nitrogens with zero attached hydrogens (tertiary/aromatic N) is 1. The number of carbonyl (C=O) groups excluding carboxylic acids is 1. The van der Waals surface area contributed by atoms with E-state index in [-0.39, 0.29) is 16.6 Å². The van der Waals surface area contributed by atoms with E-state index in [9.17, 15) is 17.6 Å². The highest BCUT2D eigenvalue weighted by Crippen LogP contribution is 2.43. The molecule has 0 bridgehead atoms. The zero-order valence-corrected chi connectivity index (χ0v) is 17.2. The fourth-order valence-corrected chi connectivity index (χ4v) is 5.40. The number of benzene rings is 3. The van der Waals surface area contributed by atoms with Gasteiger partial charge in [-0.25, -0.2) is 12.8 Å². The fourth-order valence-electron chi connectivity index (χ4n) is 3.75. The number of halogens is 1. The zero-order valence-electron chi connectivity index (χ0n) is 16.4. The predicted molar refractivity (Wildman–Crippen MR) is 114 cm³/mol. The van der Waals surface area contributed by atoms with E-state index in [1.54, 1.807) is 18.2 Å². The third kappa shape index (κ3) is 3.57. The van der Waals surface area contributed by atoms with Crippen LogP contribution in [0.3, 0.4) is 0 Å². The maximum absolute atomic E-state index is 13.9. The highest BCUT2D eigenvalue weighted by atomic mass is 32.2. The Bertz CT molecular complexity index is 1200. The van der Waals surface area contributed by atoms with E-state index in [0.29, 0.717) is 17.5 Å². The van der Waals surface area contributed by atoms with Gasteiger partial charge in [0.1, 0.15) is 12.4 Å². The molecule has 0 saturated carbocycles. The van der Waals surface area contributed by atoms with Crippen LogP contribution in [0.25, 0.3) is 11.1 Å². The smallest absolute Gasteiger partial charge is 0.265 e. The second-order valence-electron chi connectivity index (χ2n) is 7.11. The number of hydrogen-bond donors (Lipinski definition) is 1. The van der Waals surface area contributed by atoms with Gasteiger partial charge in [0.25, 0.3) is 10.0 Å². The molecule has 0 aromatic heterocycles. The molecular formula is C23H21FN2O3S. The molecule has 7 heteroatoms. The first-order valence-electron chi connectivity index (χ1n) is 9.68. The molecule has 154 valence electrons. The lowest BCUT2D eigenvalue weighted by Gasteiger charge is -2.32. The second-order valence-corrected chi connectivity index (χ2v) is 8.94. The van der Waals surface area contributed by atoms with Crippen molar-refractivity contribution >= 4 is 21.6 Å². The van der Waals surface area contributed by atoms with E-state index in [1.807, 2.05) is 37.3 Å². The third-order valence-electron chi connectivity index (χ3n) is 5.21. The van der Waals surface area contributed by atoms with Gasteiger partial charge in [-0.1, -0.05) is 55.5 Å². The van der Waals surface area contributed by atoms with Crippen LogP contribution < -0.4 is 9.62 Å². The van der Waals surface area contributed by atoms with Crippen molar-refractivity contribution in [2.45, 2.75) is 24.3 Å². The Morgan fingerprint density at radius 2 is 1.70 bits per heavy atom. The van der Waals surface area contributed by atoms with Crippen LogP contribution in [-0.2, 0) is 14.8 Å². The summed E-state index contributed by atoms with van der Waals surface area (Å²) in [7, 11) is -3.96. The molecule has 1 atom stereocenters. The van der Waals surface area contributed by atoms with Gasteiger partial charge in [0.2, 0.25) is 5.91 Å².